The van der Waals surface area contributed by atoms with Crippen molar-refractivity contribution in [2.75, 3.05) is 5.75 Å². The van der Waals surface area contributed by atoms with Crippen molar-refractivity contribution in [2.45, 2.75) is 57.0 Å². The number of hydrogen-bond acceptors (Lipinski definition) is 3. The molecule has 1 aromatic carbocycles. The van der Waals surface area contributed by atoms with E-state index in [0.717, 1.165) is 36.8 Å². The first kappa shape index (κ1) is 15.5. The third-order valence-electron chi connectivity index (χ3n) is 4.42. The molecule has 0 amide bonds. The van der Waals surface area contributed by atoms with Gasteiger partial charge in [-0.1, -0.05) is 25.3 Å². The normalized spacial score (nSPS) is 18.9. The maximum absolute atomic E-state index is 12.4. The molecule has 1 N–H and O–H groups in total. The van der Waals surface area contributed by atoms with Crippen LogP contribution in [0.25, 0.3) is 0 Å². The summed E-state index contributed by atoms with van der Waals surface area (Å²) < 4.78 is 24.8. The summed E-state index contributed by atoms with van der Waals surface area (Å²) in [5, 5.41) is 10.2. The molecule has 1 saturated carbocycles. The summed E-state index contributed by atoms with van der Waals surface area (Å²) in [6.45, 7) is 3.87. The van der Waals surface area contributed by atoms with Crippen LogP contribution < -0.4 is 0 Å². The molecule has 1 aliphatic rings. The van der Waals surface area contributed by atoms with E-state index in [4.69, 9.17) is 0 Å². The van der Waals surface area contributed by atoms with Gasteiger partial charge in [-0.2, -0.15) is 0 Å². The Morgan fingerprint density at radius 1 is 1.15 bits per heavy atom. The third-order valence-corrected chi connectivity index (χ3v) is 6.17. The Kier molecular flexibility index (Phi) is 4.86. The molecular formula is C16H24O3S. The maximum Gasteiger partial charge on any atom is 0.180 e. The fourth-order valence-corrected chi connectivity index (χ4v) is 4.43. The SMILES string of the molecule is Cc1ccc(S(=O)(=O)CC(O)C2CCCCC2)cc1C. The Hall–Kier alpha value is -0.870. The Labute approximate surface area is 121 Å². The third kappa shape index (κ3) is 3.61. The van der Waals surface area contributed by atoms with E-state index in [1.165, 1.54) is 6.42 Å². The molecule has 2 rings (SSSR count). The second-order valence-corrected chi connectivity index (χ2v) is 8.03. The van der Waals surface area contributed by atoms with E-state index >= 15 is 0 Å². The van der Waals surface area contributed by atoms with Crippen LogP contribution in [-0.4, -0.2) is 25.4 Å². The molecule has 112 valence electrons. The molecule has 20 heavy (non-hydrogen) atoms. The highest BCUT2D eigenvalue weighted by molar-refractivity contribution is 7.91. The molecule has 0 radical (unpaired) electrons. The van der Waals surface area contributed by atoms with E-state index in [1.807, 2.05) is 19.9 Å². The average Bonchev–Trinajstić information content (AvgIpc) is 2.42. The summed E-state index contributed by atoms with van der Waals surface area (Å²) in [7, 11) is -3.40. The Bertz CT molecular complexity index is 557. The number of hydrogen-bond donors (Lipinski definition) is 1. The number of sulfone groups is 1. The molecule has 0 saturated heterocycles. The van der Waals surface area contributed by atoms with Crippen molar-refractivity contribution in [2.24, 2.45) is 5.92 Å². The molecule has 1 aliphatic carbocycles. The van der Waals surface area contributed by atoms with E-state index in [0.29, 0.717) is 4.90 Å². The quantitative estimate of drug-likeness (QED) is 0.929. The molecule has 0 spiro atoms. The van der Waals surface area contributed by atoms with E-state index in [9.17, 15) is 13.5 Å². The van der Waals surface area contributed by atoms with Crippen LogP contribution in [0, 0.1) is 19.8 Å². The number of rotatable bonds is 4. The van der Waals surface area contributed by atoms with E-state index in [1.54, 1.807) is 12.1 Å². The van der Waals surface area contributed by atoms with Gasteiger partial charge in [0, 0.05) is 0 Å². The van der Waals surface area contributed by atoms with Crippen molar-refractivity contribution in [3.8, 4) is 0 Å². The largest absolute Gasteiger partial charge is 0.392 e. The highest BCUT2D eigenvalue weighted by Gasteiger charge is 2.27. The number of aliphatic hydroxyl groups excluding tert-OH is 1. The van der Waals surface area contributed by atoms with Crippen LogP contribution in [0.1, 0.15) is 43.2 Å². The Balaban J connectivity index is 2.11. The first-order chi connectivity index (χ1) is 9.40. The molecule has 0 aliphatic heterocycles. The monoisotopic (exact) mass is 296 g/mol. The maximum atomic E-state index is 12.4. The molecule has 0 aromatic heterocycles. The highest BCUT2D eigenvalue weighted by Crippen LogP contribution is 2.28. The van der Waals surface area contributed by atoms with Crippen molar-refractivity contribution in [3.63, 3.8) is 0 Å². The van der Waals surface area contributed by atoms with Crippen LogP contribution in [0.15, 0.2) is 23.1 Å². The summed E-state index contributed by atoms with van der Waals surface area (Å²) in [5.74, 6) is -0.00903. The van der Waals surface area contributed by atoms with Gasteiger partial charge >= 0.3 is 0 Å². The van der Waals surface area contributed by atoms with Crippen molar-refractivity contribution >= 4 is 9.84 Å². The molecule has 1 fully saturated rings. The van der Waals surface area contributed by atoms with Gasteiger partial charge in [-0.15, -0.1) is 0 Å². The van der Waals surface area contributed by atoms with Gasteiger partial charge in [0.05, 0.1) is 16.8 Å². The van der Waals surface area contributed by atoms with Crippen LogP contribution in [0.2, 0.25) is 0 Å². The first-order valence-corrected chi connectivity index (χ1v) is 9.03. The average molecular weight is 296 g/mol. The number of benzene rings is 1. The minimum absolute atomic E-state index is 0.144. The molecular weight excluding hydrogens is 272 g/mol. The van der Waals surface area contributed by atoms with Crippen LogP contribution in [0.5, 0.6) is 0 Å². The van der Waals surface area contributed by atoms with Crippen LogP contribution in [0.4, 0.5) is 0 Å². The zero-order valence-corrected chi connectivity index (χ0v) is 13.1. The zero-order chi connectivity index (χ0) is 14.8. The Morgan fingerprint density at radius 2 is 1.80 bits per heavy atom. The smallest absolute Gasteiger partial charge is 0.180 e. The standard InChI is InChI=1S/C16H24O3S/c1-12-8-9-15(10-13(12)2)20(18,19)11-16(17)14-6-4-3-5-7-14/h8-10,14,16-17H,3-7,11H2,1-2H3. The first-order valence-electron chi connectivity index (χ1n) is 7.38. The minimum Gasteiger partial charge on any atom is -0.392 e. The highest BCUT2D eigenvalue weighted by atomic mass is 32.2. The van der Waals surface area contributed by atoms with Crippen molar-refractivity contribution in [1.29, 1.82) is 0 Å². The second-order valence-electron chi connectivity index (χ2n) is 5.99. The van der Waals surface area contributed by atoms with E-state index < -0.39 is 15.9 Å². The van der Waals surface area contributed by atoms with Gasteiger partial charge in [-0.3, -0.25) is 0 Å². The summed E-state index contributed by atoms with van der Waals surface area (Å²) >= 11 is 0. The molecule has 1 aromatic rings. The van der Waals surface area contributed by atoms with Crippen molar-refractivity contribution in [3.05, 3.63) is 29.3 Å². The van der Waals surface area contributed by atoms with Gasteiger partial charge in [-0.05, 0) is 55.9 Å². The van der Waals surface area contributed by atoms with Crippen molar-refractivity contribution in [1.82, 2.24) is 0 Å². The van der Waals surface area contributed by atoms with Gasteiger partial charge in [0.2, 0.25) is 0 Å². The molecule has 4 heteroatoms. The second kappa shape index (κ2) is 6.27. The van der Waals surface area contributed by atoms with Gasteiger partial charge in [0.25, 0.3) is 0 Å². The lowest BCUT2D eigenvalue weighted by molar-refractivity contribution is 0.103. The lowest BCUT2D eigenvalue weighted by Crippen LogP contribution is -2.30. The summed E-state index contributed by atoms with van der Waals surface area (Å²) in [4.78, 5) is 0.329. The van der Waals surface area contributed by atoms with Crippen LogP contribution in [-0.2, 0) is 9.84 Å². The number of aryl methyl sites for hydroxylation is 2. The predicted octanol–water partition coefficient (Wildman–Crippen LogP) is 3.02. The molecule has 0 heterocycles. The van der Waals surface area contributed by atoms with E-state index in [2.05, 4.69) is 0 Å². The Morgan fingerprint density at radius 3 is 2.40 bits per heavy atom. The topological polar surface area (TPSA) is 54.4 Å². The van der Waals surface area contributed by atoms with Gasteiger partial charge in [0.1, 0.15) is 0 Å². The summed E-state index contributed by atoms with van der Waals surface area (Å²) in [6.07, 6.45) is 4.57. The molecule has 3 nitrogen and oxygen atoms in total. The fourth-order valence-electron chi connectivity index (χ4n) is 2.88. The summed E-state index contributed by atoms with van der Waals surface area (Å²) in [6, 6.07) is 5.18. The minimum atomic E-state index is -3.40. The van der Waals surface area contributed by atoms with Gasteiger partial charge in [-0.25, -0.2) is 8.42 Å². The lowest BCUT2D eigenvalue weighted by atomic mass is 9.86. The number of aliphatic hydroxyl groups is 1. The van der Waals surface area contributed by atoms with Crippen molar-refractivity contribution < 1.29 is 13.5 Å². The molecule has 1 atom stereocenters. The molecule has 1 unspecified atom stereocenters. The zero-order valence-electron chi connectivity index (χ0n) is 12.3. The van der Waals surface area contributed by atoms with Crippen LogP contribution in [0.3, 0.4) is 0 Å². The van der Waals surface area contributed by atoms with Gasteiger partial charge < -0.3 is 5.11 Å². The van der Waals surface area contributed by atoms with Crippen LogP contribution >= 0.6 is 0 Å². The van der Waals surface area contributed by atoms with E-state index in [-0.39, 0.29) is 11.7 Å². The lowest BCUT2D eigenvalue weighted by Gasteiger charge is -2.26. The summed E-state index contributed by atoms with van der Waals surface area (Å²) in [5.41, 5.74) is 2.05. The fraction of sp³-hybridized carbons (Fsp3) is 0.625. The van der Waals surface area contributed by atoms with Gasteiger partial charge in [0.15, 0.2) is 9.84 Å². The molecule has 0 bridgehead atoms. The predicted molar refractivity (Wildman–Crippen MR) is 80.6 cm³/mol.